The molecule has 4 rings (SSSR count). The molecule has 4 aliphatic carbocycles. The number of esters is 1. The number of unbranched alkanes of at least 4 members (excludes halogenated alkanes) is 1. The lowest BCUT2D eigenvalue weighted by molar-refractivity contribution is -0.192. The summed E-state index contributed by atoms with van der Waals surface area (Å²) in [5.74, 6) is 1.10. The van der Waals surface area contributed by atoms with Gasteiger partial charge in [0, 0.05) is 29.5 Å². The molecule has 4 nitrogen and oxygen atoms in total. The van der Waals surface area contributed by atoms with E-state index in [9.17, 15) is 14.4 Å². The highest BCUT2D eigenvalue weighted by molar-refractivity contribution is 9.09. The highest BCUT2D eigenvalue weighted by Crippen LogP contribution is 2.68. The minimum absolute atomic E-state index is 0.0000427. The van der Waals surface area contributed by atoms with Crippen molar-refractivity contribution in [1.29, 1.82) is 0 Å². The second-order valence-corrected chi connectivity index (χ2v) is 11.9. The van der Waals surface area contributed by atoms with Crippen LogP contribution >= 0.6 is 15.9 Å². The van der Waals surface area contributed by atoms with E-state index in [1.807, 2.05) is 6.08 Å². The van der Waals surface area contributed by atoms with Crippen molar-refractivity contribution in [3.8, 4) is 0 Å². The molecule has 0 radical (unpaired) electrons. The maximum absolute atomic E-state index is 13.2. The molecule has 32 heavy (non-hydrogen) atoms. The van der Waals surface area contributed by atoms with Gasteiger partial charge in [-0.25, -0.2) is 0 Å². The van der Waals surface area contributed by atoms with E-state index >= 15 is 0 Å². The number of alkyl halides is 1. The van der Waals surface area contributed by atoms with Crippen LogP contribution in [0.4, 0.5) is 0 Å². The summed E-state index contributed by atoms with van der Waals surface area (Å²) in [4.78, 5) is 38.2. The number of hydrogen-bond donors (Lipinski definition) is 0. The first kappa shape index (κ1) is 23.9. The highest BCUT2D eigenvalue weighted by Gasteiger charge is 2.70. The fourth-order valence-electron chi connectivity index (χ4n) is 7.96. The van der Waals surface area contributed by atoms with Crippen LogP contribution in [0.15, 0.2) is 23.8 Å². The molecule has 0 aromatic carbocycles. The van der Waals surface area contributed by atoms with E-state index in [2.05, 4.69) is 48.9 Å². The lowest BCUT2D eigenvalue weighted by Gasteiger charge is -2.57. The number of ketones is 2. The number of ether oxygens (including phenoxy) is 1. The van der Waals surface area contributed by atoms with Crippen LogP contribution in [0.1, 0.15) is 79.1 Å². The molecule has 2 saturated carbocycles. The number of halogens is 1. The zero-order valence-electron chi connectivity index (χ0n) is 19.9. The highest BCUT2D eigenvalue weighted by atomic mass is 79.9. The van der Waals surface area contributed by atoms with E-state index in [-0.39, 0.29) is 34.3 Å². The first-order valence-corrected chi connectivity index (χ1v) is 13.4. The van der Waals surface area contributed by atoms with Gasteiger partial charge < -0.3 is 4.74 Å². The van der Waals surface area contributed by atoms with Gasteiger partial charge in [-0.05, 0) is 80.3 Å². The Hall–Kier alpha value is -1.23. The van der Waals surface area contributed by atoms with Crippen LogP contribution < -0.4 is 0 Å². The monoisotopic (exact) mass is 504 g/mol. The molecule has 0 spiro atoms. The van der Waals surface area contributed by atoms with Gasteiger partial charge in [-0.3, -0.25) is 14.4 Å². The van der Waals surface area contributed by atoms with E-state index in [1.54, 1.807) is 6.92 Å². The lowest BCUT2D eigenvalue weighted by Crippen LogP contribution is -2.59. The number of allylic oxidation sites excluding steroid dienone is 4. The molecule has 7 atom stereocenters. The Bertz CT molecular complexity index is 875. The summed E-state index contributed by atoms with van der Waals surface area (Å²) in [6.45, 7) is 8.25. The molecule has 0 aliphatic heterocycles. The second-order valence-electron chi connectivity index (χ2n) is 11.1. The van der Waals surface area contributed by atoms with Crippen LogP contribution in [-0.2, 0) is 19.1 Å². The Morgan fingerprint density at radius 2 is 1.94 bits per heavy atom. The van der Waals surface area contributed by atoms with Crippen LogP contribution in [-0.4, -0.2) is 28.5 Å². The van der Waals surface area contributed by atoms with Gasteiger partial charge in [-0.2, -0.15) is 0 Å². The summed E-state index contributed by atoms with van der Waals surface area (Å²) < 4.78 is 6.23. The first-order valence-electron chi connectivity index (χ1n) is 12.3. The van der Waals surface area contributed by atoms with E-state index < -0.39 is 5.60 Å². The Labute approximate surface area is 200 Å². The van der Waals surface area contributed by atoms with E-state index in [0.717, 1.165) is 43.9 Å². The summed E-state index contributed by atoms with van der Waals surface area (Å²) in [7, 11) is 0. The molecule has 2 fully saturated rings. The zero-order valence-corrected chi connectivity index (χ0v) is 21.5. The number of rotatable bonds is 6. The van der Waals surface area contributed by atoms with Gasteiger partial charge in [0.25, 0.3) is 0 Å². The molecule has 176 valence electrons. The summed E-state index contributed by atoms with van der Waals surface area (Å²) in [5.41, 5.74) is -0.204. The molecule has 0 heterocycles. The summed E-state index contributed by atoms with van der Waals surface area (Å²) in [6.07, 6.45) is 12.7. The molecular weight excluding hydrogens is 468 g/mol. The number of carbonyl (C=O) groups is 3. The van der Waals surface area contributed by atoms with Crippen molar-refractivity contribution in [2.75, 3.05) is 5.33 Å². The van der Waals surface area contributed by atoms with Crippen molar-refractivity contribution >= 4 is 33.5 Å². The second kappa shape index (κ2) is 8.52. The number of hydrogen-bond acceptors (Lipinski definition) is 4. The third-order valence-electron chi connectivity index (χ3n) is 9.62. The predicted molar refractivity (Wildman–Crippen MR) is 128 cm³/mol. The van der Waals surface area contributed by atoms with Crippen LogP contribution in [0, 0.1) is 34.5 Å². The van der Waals surface area contributed by atoms with Gasteiger partial charge in [0.15, 0.2) is 17.2 Å². The van der Waals surface area contributed by atoms with Gasteiger partial charge in [0.05, 0.1) is 0 Å². The van der Waals surface area contributed by atoms with Crippen molar-refractivity contribution in [1.82, 2.24) is 0 Å². The number of Topliss-reactive ketones (excluding diaryl/α,β-unsaturated/α-hetero) is 1. The fraction of sp³-hybridized carbons (Fsp3) is 0.741. The fourth-order valence-corrected chi connectivity index (χ4v) is 8.36. The molecule has 0 bridgehead atoms. The van der Waals surface area contributed by atoms with Crippen LogP contribution in [0.25, 0.3) is 0 Å². The largest absolute Gasteiger partial charge is 0.450 e. The molecule has 0 N–H and O–H groups in total. The Morgan fingerprint density at radius 1 is 1.19 bits per heavy atom. The lowest BCUT2D eigenvalue weighted by atomic mass is 9.48. The zero-order chi connectivity index (χ0) is 23.3. The van der Waals surface area contributed by atoms with Gasteiger partial charge in [0.1, 0.15) is 0 Å². The van der Waals surface area contributed by atoms with Gasteiger partial charge >= 0.3 is 5.97 Å². The molecule has 0 unspecified atom stereocenters. The molecule has 4 aliphatic rings. The SMILES string of the molecule is CC(=O)[C@@]1(OC(=O)CCCCBr)[C@@H](C)C[C@H]2[C@@H]3C=CC4=CC(=O)CC[C@]4(C)[C@H]3CC[C@@]21C. The Balaban J connectivity index is 1.68. The minimum atomic E-state index is -1.04. The topological polar surface area (TPSA) is 60.4 Å². The molecular formula is C27H37BrO4. The average Bonchev–Trinajstić information content (AvgIpc) is 2.96. The number of fused-ring (bicyclic) bond motifs is 5. The van der Waals surface area contributed by atoms with Gasteiger partial charge in [-0.1, -0.05) is 48.9 Å². The van der Waals surface area contributed by atoms with E-state index in [1.165, 1.54) is 5.57 Å². The maximum Gasteiger partial charge on any atom is 0.306 e. The average molecular weight is 505 g/mol. The van der Waals surface area contributed by atoms with Gasteiger partial charge in [0.2, 0.25) is 0 Å². The molecule has 0 amide bonds. The summed E-state index contributed by atoms with van der Waals surface area (Å²) >= 11 is 3.41. The van der Waals surface area contributed by atoms with Crippen molar-refractivity contribution in [2.24, 2.45) is 34.5 Å². The van der Waals surface area contributed by atoms with Crippen LogP contribution in [0.3, 0.4) is 0 Å². The standard InChI is InChI=1S/C27H37BrO4/c1-17-15-23-21-9-8-19-16-20(30)10-12-25(19,3)22(21)11-13-26(23,4)27(17,18(2)29)32-24(31)7-5-6-14-28/h8-9,16-17,21-23H,5-7,10-15H2,1-4H3/t17-,21+,22-,23-,25-,26-,27-/m0/s1. The summed E-state index contributed by atoms with van der Waals surface area (Å²) in [5, 5.41) is 0.866. The molecule has 0 aromatic rings. The van der Waals surface area contributed by atoms with E-state index in [4.69, 9.17) is 4.74 Å². The smallest absolute Gasteiger partial charge is 0.306 e. The summed E-state index contributed by atoms with van der Waals surface area (Å²) in [6, 6.07) is 0. The quantitative estimate of drug-likeness (QED) is 0.253. The third kappa shape index (κ3) is 3.40. The first-order chi connectivity index (χ1) is 15.1. The van der Waals surface area contributed by atoms with Crippen LogP contribution in [0.2, 0.25) is 0 Å². The predicted octanol–water partition coefficient (Wildman–Crippen LogP) is 5.98. The Kier molecular flexibility index (Phi) is 6.37. The normalized spacial score (nSPS) is 42.5. The molecule has 0 aromatic heterocycles. The van der Waals surface area contributed by atoms with Crippen molar-refractivity contribution in [2.45, 2.75) is 84.7 Å². The Morgan fingerprint density at radius 3 is 2.62 bits per heavy atom. The van der Waals surface area contributed by atoms with E-state index in [0.29, 0.717) is 30.6 Å². The van der Waals surface area contributed by atoms with Gasteiger partial charge in [-0.15, -0.1) is 0 Å². The van der Waals surface area contributed by atoms with Crippen molar-refractivity contribution in [3.05, 3.63) is 23.8 Å². The van der Waals surface area contributed by atoms with Crippen LogP contribution in [0.5, 0.6) is 0 Å². The molecule has 0 saturated heterocycles. The third-order valence-corrected chi connectivity index (χ3v) is 10.2. The number of carbonyl (C=O) groups excluding carboxylic acids is 3. The van der Waals surface area contributed by atoms with Crippen molar-refractivity contribution < 1.29 is 19.1 Å². The maximum atomic E-state index is 13.2. The van der Waals surface area contributed by atoms with Crippen molar-refractivity contribution in [3.63, 3.8) is 0 Å². The minimum Gasteiger partial charge on any atom is -0.450 e. The molecule has 5 heteroatoms.